The molecule has 0 aromatic carbocycles. The topological polar surface area (TPSA) is 41.6 Å². The van der Waals surface area contributed by atoms with Gasteiger partial charge in [-0.15, -0.1) is 0 Å². The first-order chi connectivity index (χ1) is 6.63. The Bertz CT molecular complexity index is 211. The van der Waals surface area contributed by atoms with E-state index < -0.39 is 0 Å². The summed E-state index contributed by atoms with van der Waals surface area (Å²) in [5, 5.41) is 0. The molecule has 0 amide bonds. The third-order valence-corrected chi connectivity index (χ3v) is 1.93. The summed E-state index contributed by atoms with van der Waals surface area (Å²) in [6, 6.07) is 0.401. The predicted octanol–water partition coefficient (Wildman–Crippen LogP) is 2.47. The van der Waals surface area contributed by atoms with Gasteiger partial charge in [0, 0.05) is 12.6 Å². The molecule has 0 heterocycles. The van der Waals surface area contributed by atoms with Crippen molar-refractivity contribution in [3.05, 3.63) is 0 Å². The number of nitrogens with zero attached hydrogens (tertiary/aromatic N) is 2. The largest absolute Gasteiger partial charge is 0.370 e. The molecular formula is C12H27N3. The normalized spacial score (nSPS) is 13.8. The summed E-state index contributed by atoms with van der Waals surface area (Å²) < 4.78 is 0. The van der Waals surface area contributed by atoms with Gasteiger partial charge in [-0.3, -0.25) is 0 Å². The van der Waals surface area contributed by atoms with Gasteiger partial charge in [0.05, 0.1) is 5.54 Å². The SMILES string of the molecule is CC(C)CN(C(N)=NC(C)(C)C)C(C)C. The van der Waals surface area contributed by atoms with Crippen molar-refractivity contribution in [2.75, 3.05) is 6.54 Å². The van der Waals surface area contributed by atoms with Gasteiger partial charge < -0.3 is 10.6 Å². The minimum Gasteiger partial charge on any atom is -0.370 e. The zero-order valence-electron chi connectivity index (χ0n) is 11.3. The van der Waals surface area contributed by atoms with Gasteiger partial charge in [-0.05, 0) is 40.5 Å². The Morgan fingerprint density at radius 1 is 1.20 bits per heavy atom. The monoisotopic (exact) mass is 213 g/mol. The van der Waals surface area contributed by atoms with Crippen molar-refractivity contribution >= 4 is 5.96 Å². The lowest BCUT2D eigenvalue weighted by atomic mass is 10.1. The van der Waals surface area contributed by atoms with Crippen LogP contribution in [0.15, 0.2) is 4.99 Å². The van der Waals surface area contributed by atoms with Crippen LogP contribution in [0.5, 0.6) is 0 Å². The van der Waals surface area contributed by atoms with E-state index in [1.165, 1.54) is 0 Å². The van der Waals surface area contributed by atoms with Crippen LogP contribution >= 0.6 is 0 Å². The summed E-state index contributed by atoms with van der Waals surface area (Å²) in [6.07, 6.45) is 0. The zero-order chi connectivity index (χ0) is 12.2. The van der Waals surface area contributed by atoms with Crippen molar-refractivity contribution in [1.82, 2.24) is 4.90 Å². The third-order valence-electron chi connectivity index (χ3n) is 1.93. The summed E-state index contributed by atoms with van der Waals surface area (Å²) in [7, 11) is 0. The van der Waals surface area contributed by atoms with Crippen LogP contribution in [0.1, 0.15) is 48.5 Å². The summed E-state index contributed by atoms with van der Waals surface area (Å²) in [4.78, 5) is 6.67. The van der Waals surface area contributed by atoms with Gasteiger partial charge in [-0.25, -0.2) is 4.99 Å². The fourth-order valence-electron chi connectivity index (χ4n) is 1.37. The molecule has 0 atom stereocenters. The molecule has 15 heavy (non-hydrogen) atoms. The molecule has 0 rings (SSSR count). The minimum absolute atomic E-state index is 0.103. The Hall–Kier alpha value is -0.730. The first-order valence-electron chi connectivity index (χ1n) is 5.75. The van der Waals surface area contributed by atoms with Crippen LogP contribution in [-0.2, 0) is 0 Å². The van der Waals surface area contributed by atoms with Crippen molar-refractivity contribution in [3.8, 4) is 0 Å². The van der Waals surface area contributed by atoms with E-state index in [4.69, 9.17) is 5.73 Å². The first kappa shape index (κ1) is 14.3. The van der Waals surface area contributed by atoms with E-state index in [1.54, 1.807) is 0 Å². The number of nitrogens with two attached hydrogens (primary N) is 1. The van der Waals surface area contributed by atoms with E-state index in [0.717, 1.165) is 6.54 Å². The Labute approximate surface area is 94.7 Å². The average Bonchev–Trinajstić information content (AvgIpc) is 1.95. The highest BCUT2D eigenvalue weighted by atomic mass is 15.3. The highest BCUT2D eigenvalue weighted by molar-refractivity contribution is 5.78. The Balaban J connectivity index is 4.70. The van der Waals surface area contributed by atoms with Gasteiger partial charge in [0.1, 0.15) is 0 Å². The number of hydrogen-bond acceptors (Lipinski definition) is 1. The molecule has 0 unspecified atom stereocenters. The fraction of sp³-hybridized carbons (Fsp3) is 0.917. The van der Waals surface area contributed by atoms with Crippen molar-refractivity contribution in [1.29, 1.82) is 0 Å². The molecule has 0 aliphatic heterocycles. The molecule has 0 aliphatic rings. The molecule has 0 radical (unpaired) electrons. The highest BCUT2D eigenvalue weighted by Crippen LogP contribution is 2.10. The molecule has 3 nitrogen and oxygen atoms in total. The van der Waals surface area contributed by atoms with Gasteiger partial charge >= 0.3 is 0 Å². The number of aliphatic imine (C=N–C) groups is 1. The summed E-state index contributed by atoms with van der Waals surface area (Å²) in [5.41, 5.74) is 5.93. The average molecular weight is 213 g/mol. The van der Waals surface area contributed by atoms with Crippen LogP contribution in [-0.4, -0.2) is 29.0 Å². The lowest BCUT2D eigenvalue weighted by Gasteiger charge is -2.31. The number of hydrogen-bond donors (Lipinski definition) is 1. The molecule has 90 valence electrons. The van der Waals surface area contributed by atoms with Crippen LogP contribution in [0.2, 0.25) is 0 Å². The summed E-state index contributed by atoms with van der Waals surface area (Å²) >= 11 is 0. The highest BCUT2D eigenvalue weighted by Gasteiger charge is 2.16. The maximum absolute atomic E-state index is 6.03. The van der Waals surface area contributed by atoms with Gasteiger partial charge in [-0.2, -0.15) is 0 Å². The van der Waals surface area contributed by atoms with Crippen molar-refractivity contribution in [2.24, 2.45) is 16.6 Å². The molecule has 2 N–H and O–H groups in total. The molecule has 0 fully saturated rings. The zero-order valence-corrected chi connectivity index (χ0v) is 11.3. The van der Waals surface area contributed by atoms with Gasteiger partial charge in [0.15, 0.2) is 5.96 Å². The van der Waals surface area contributed by atoms with Crippen LogP contribution in [0.3, 0.4) is 0 Å². The molecule has 0 spiro atoms. The fourth-order valence-corrected chi connectivity index (χ4v) is 1.37. The maximum atomic E-state index is 6.03. The van der Waals surface area contributed by atoms with Crippen LogP contribution in [0.25, 0.3) is 0 Å². The van der Waals surface area contributed by atoms with Gasteiger partial charge in [-0.1, -0.05) is 13.8 Å². The molecule has 3 heteroatoms. The van der Waals surface area contributed by atoms with E-state index >= 15 is 0 Å². The first-order valence-corrected chi connectivity index (χ1v) is 5.75. The number of rotatable bonds is 3. The lowest BCUT2D eigenvalue weighted by Crippen LogP contribution is -2.45. The third kappa shape index (κ3) is 6.37. The molecule has 0 aromatic heterocycles. The molecular weight excluding hydrogens is 186 g/mol. The van der Waals surface area contributed by atoms with Crippen molar-refractivity contribution < 1.29 is 0 Å². The van der Waals surface area contributed by atoms with E-state index in [1.807, 2.05) is 0 Å². The van der Waals surface area contributed by atoms with Crippen LogP contribution in [0.4, 0.5) is 0 Å². The second-order valence-corrected chi connectivity index (χ2v) is 5.78. The molecule has 0 saturated carbocycles. The molecule has 0 aliphatic carbocycles. The van der Waals surface area contributed by atoms with E-state index in [2.05, 4.69) is 58.4 Å². The molecule has 0 saturated heterocycles. The Kier molecular flexibility index (Phi) is 5.12. The van der Waals surface area contributed by atoms with Crippen molar-refractivity contribution in [3.63, 3.8) is 0 Å². The number of guanidine groups is 1. The smallest absolute Gasteiger partial charge is 0.192 e. The second kappa shape index (κ2) is 5.38. The minimum atomic E-state index is -0.103. The maximum Gasteiger partial charge on any atom is 0.192 e. The quantitative estimate of drug-likeness (QED) is 0.578. The summed E-state index contributed by atoms with van der Waals surface area (Å²) in [6.45, 7) is 15.8. The summed E-state index contributed by atoms with van der Waals surface area (Å²) in [5.74, 6) is 1.26. The van der Waals surface area contributed by atoms with E-state index in [0.29, 0.717) is 17.9 Å². The predicted molar refractivity (Wildman–Crippen MR) is 68.1 cm³/mol. The Morgan fingerprint density at radius 3 is 1.93 bits per heavy atom. The second-order valence-electron chi connectivity index (χ2n) is 5.78. The van der Waals surface area contributed by atoms with Crippen LogP contribution in [0, 0.1) is 5.92 Å². The van der Waals surface area contributed by atoms with Crippen LogP contribution < -0.4 is 5.73 Å². The van der Waals surface area contributed by atoms with Gasteiger partial charge in [0.25, 0.3) is 0 Å². The lowest BCUT2D eigenvalue weighted by molar-refractivity contribution is 0.304. The molecule has 0 bridgehead atoms. The van der Waals surface area contributed by atoms with Gasteiger partial charge in [0.2, 0.25) is 0 Å². The van der Waals surface area contributed by atoms with Crippen molar-refractivity contribution in [2.45, 2.75) is 60.0 Å². The standard InChI is InChI=1S/C12H27N3/c1-9(2)8-15(10(3)4)11(13)14-12(5,6)7/h9-10H,8H2,1-7H3,(H2,13,14). The molecule has 0 aromatic rings. The van der Waals surface area contributed by atoms with E-state index in [-0.39, 0.29) is 5.54 Å². The van der Waals surface area contributed by atoms with E-state index in [9.17, 15) is 0 Å². The Morgan fingerprint density at radius 2 is 1.67 bits per heavy atom.